The van der Waals surface area contributed by atoms with Gasteiger partial charge in [-0.1, -0.05) is 0 Å². The molecule has 5 rings (SSSR count). The van der Waals surface area contributed by atoms with Crippen molar-refractivity contribution in [2.75, 3.05) is 20.2 Å². The van der Waals surface area contributed by atoms with Crippen molar-refractivity contribution in [3.05, 3.63) is 59.4 Å². The molecule has 0 unspecified atom stereocenters. The number of amides is 1. The van der Waals surface area contributed by atoms with Crippen LogP contribution in [-0.2, 0) is 13.6 Å². The Labute approximate surface area is 211 Å². The van der Waals surface area contributed by atoms with Crippen LogP contribution in [0.15, 0.2) is 42.6 Å². The lowest BCUT2D eigenvalue weighted by Crippen LogP contribution is -2.51. The highest BCUT2D eigenvalue weighted by atomic mass is 19.4. The molecule has 10 heteroatoms. The molecule has 7 nitrogen and oxygen atoms in total. The number of alkyl halides is 3. The second kappa shape index (κ2) is 9.24. The van der Waals surface area contributed by atoms with E-state index in [1.54, 1.807) is 30.8 Å². The predicted octanol–water partition coefficient (Wildman–Crippen LogP) is 5.14. The molecule has 1 aliphatic heterocycles. The van der Waals surface area contributed by atoms with Crippen molar-refractivity contribution < 1.29 is 27.5 Å². The zero-order chi connectivity index (χ0) is 26.5. The predicted molar refractivity (Wildman–Crippen MR) is 133 cm³/mol. The minimum absolute atomic E-state index is 0.0302. The van der Waals surface area contributed by atoms with Gasteiger partial charge in [-0.05, 0) is 48.9 Å². The lowest BCUT2D eigenvalue weighted by Gasteiger charge is -2.39. The first-order chi connectivity index (χ1) is 17.5. The van der Waals surface area contributed by atoms with Crippen LogP contribution >= 0.6 is 0 Å². The standard InChI is InChI=1S/C27H27F3N4O3/c1-16-20(25(35)8-9-27(28,29)30)5-6-22-21(16)15-34(31-22)14-17-12-33(13-17)26(36)24-11-18-10-19(37-3)4-7-23(18)32(24)2/h4-7,10-11,15,17H,8-9,12-14H2,1-3H3. The van der Waals surface area contributed by atoms with Gasteiger partial charge in [0, 0.05) is 67.1 Å². The summed E-state index contributed by atoms with van der Waals surface area (Å²) < 4.78 is 46.5. The fraction of sp³-hybridized carbons (Fsp3) is 0.370. The third kappa shape index (κ3) is 4.80. The molecular weight excluding hydrogens is 485 g/mol. The van der Waals surface area contributed by atoms with Gasteiger partial charge in [-0.2, -0.15) is 18.3 Å². The van der Waals surface area contributed by atoms with E-state index in [1.165, 1.54) is 0 Å². The Hall–Kier alpha value is -3.82. The molecule has 194 valence electrons. The molecule has 0 bridgehead atoms. The quantitative estimate of drug-likeness (QED) is 0.322. The number of likely N-dealkylation sites (tertiary alicyclic amines) is 1. The number of hydrogen-bond acceptors (Lipinski definition) is 4. The fourth-order valence-electron chi connectivity index (χ4n) is 5.00. The smallest absolute Gasteiger partial charge is 0.389 e. The number of hydrogen-bond donors (Lipinski definition) is 0. The van der Waals surface area contributed by atoms with E-state index in [1.807, 2.05) is 47.0 Å². The largest absolute Gasteiger partial charge is 0.497 e. The molecule has 1 amide bonds. The molecule has 2 aromatic heterocycles. The number of Topliss-reactive ketones (excluding diaryl/α,β-unsaturated/α-hetero) is 1. The highest BCUT2D eigenvalue weighted by molar-refractivity contribution is 6.02. The third-order valence-corrected chi connectivity index (χ3v) is 7.10. The zero-order valence-corrected chi connectivity index (χ0v) is 20.8. The summed E-state index contributed by atoms with van der Waals surface area (Å²) >= 11 is 0. The van der Waals surface area contributed by atoms with E-state index in [2.05, 4.69) is 5.10 Å². The molecule has 4 aromatic rings. The average molecular weight is 513 g/mol. The normalized spacial score (nSPS) is 14.4. The van der Waals surface area contributed by atoms with E-state index in [0.29, 0.717) is 42.0 Å². The van der Waals surface area contributed by atoms with E-state index in [0.717, 1.165) is 22.0 Å². The summed E-state index contributed by atoms with van der Waals surface area (Å²) in [6.07, 6.45) is -4.24. The monoisotopic (exact) mass is 512 g/mol. The highest BCUT2D eigenvalue weighted by Crippen LogP contribution is 2.29. The first kappa shape index (κ1) is 24.9. The van der Waals surface area contributed by atoms with E-state index < -0.39 is 24.8 Å². The van der Waals surface area contributed by atoms with Gasteiger partial charge in [0.15, 0.2) is 5.78 Å². The average Bonchev–Trinajstić information content (AvgIpc) is 3.39. The van der Waals surface area contributed by atoms with Crippen LogP contribution in [0.25, 0.3) is 21.8 Å². The first-order valence-corrected chi connectivity index (χ1v) is 12.0. The van der Waals surface area contributed by atoms with E-state index in [-0.39, 0.29) is 11.8 Å². The maximum atomic E-state index is 13.1. The topological polar surface area (TPSA) is 69.4 Å². The zero-order valence-electron chi connectivity index (χ0n) is 20.8. The highest BCUT2D eigenvalue weighted by Gasteiger charge is 2.33. The molecule has 0 aliphatic carbocycles. The summed E-state index contributed by atoms with van der Waals surface area (Å²) in [7, 11) is 3.48. The van der Waals surface area contributed by atoms with Crippen molar-refractivity contribution in [2.45, 2.75) is 32.5 Å². The molecule has 0 N–H and O–H groups in total. The molecule has 0 radical (unpaired) electrons. The number of ketones is 1. The lowest BCUT2D eigenvalue weighted by atomic mass is 9.98. The number of halogens is 3. The number of aromatic nitrogens is 3. The Balaban J connectivity index is 1.24. The summed E-state index contributed by atoms with van der Waals surface area (Å²) in [4.78, 5) is 27.3. The Morgan fingerprint density at radius 2 is 1.89 bits per heavy atom. The summed E-state index contributed by atoms with van der Waals surface area (Å²) in [5.74, 6) is 0.406. The number of methoxy groups -OCH3 is 1. The molecule has 3 heterocycles. The summed E-state index contributed by atoms with van der Waals surface area (Å²) in [6, 6.07) is 10.8. The number of rotatable bonds is 7. The first-order valence-electron chi connectivity index (χ1n) is 12.0. The van der Waals surface area contributed by atoms with Gasteiger partial charge in [-0.3, -0.25) is 14.3 Å². The molecule has 2 aromatic carbocycles. The lowest BCUT2D eigenvalue weighted by molar-refractivity contribution is -0.133. The van der Waals surface area contributed by atoms with Crippen LogP contribution in [0.3, 0.4) is 0 Å². The Bertz CT molecular complexity index is 1510. The number of ether oxygens (including phenoxy) is 1. The number of fused-ring (bicyclic) bond motifs is 2. The Morgan fingerprint density at radius 3 is 2.59 bits per heavy atom. The van der Waals surface area contributed by atoms with Gasteiger partial charge >= 0.3 is 6.18 Å². The van der Waals surface area contributed by atoms with Gasteiger partial charge < -0.3 is 14.2 Å². The van der Waals surface area contributed by atoms with Crippen molar-refractivity contribution in [2.24, 2.45) is 13.0 Å². The SMILES string of the molecule is COc1ccc2c(c1)cc(C(=O)N1CC(Cn3cc4c(C)c(C(=O)CCC(F)(F)F)ccc4n3)C1)n2C. The number of nitrogens with zero attached hydrogens (tertiary/aromatic N) is 4. The Morgan fingerprint density at radius 1 is 1.14 bits per heavy atom. The maximum absolute atomic E-state index is 13.1. The van der Waals surface area contributed by atoms with Crippen LogP contribution in [0.1, 0.15) is 39.3 Å². The third-order valence-electron chi connectivity index (χ3n) is 7.10. The molecule has 0 atom stereocenters. The number of benzene rings is 2. The number of aryl methyl sites for hydroxylation is 2. The van der Waals surface area contributed by atoms with Crippen molar-refractivity contribution >= 4 is 33.5 Å². The molecule has 37 heavy (non-hydrogen) atoms. The van der Waals surface area contributed by atoms with Gasteiger partial charge in [0.2, 0.25) is 0 Å². The summed E-state index contributed by atoms with van der Waals surface area (Å²) in [5, 5.41) is 6.26. The Kier molecular flexibility index (Phi) is 6.21. The minimum atomic E-state index is -4.36. The number of carbonyl (C=O) groups is 2. The van der Waals surface area contributed by atoms with Crippen LogP contribution in [0, 0.1) is 12.8 Å². The van der Waals surface area contributed by atoms with Crippen molar-refractivity contribution in [3.63, 3.8) is 0 Å². The van der Waals surface area contributed by atoms with Gasteiger partial charge in [0.05, 0.1) is 19.0 Å². The van der Waals surface area contributed by atoms with Crippen LogP contribution in [-0.4, -0.2) is 57.3 Å². The molecular formula is C27H27F3N4O3. The van der Waals surface area contributed by atoms with Gasteiger partial charge in [-0.25, -0.2) is 0 Å². The van der Waals surface area contributed by atoms with Crippen molar-refractivity contribution in [1.29, 1.82) is 0 Å². The van der Waals surface area contributed by atoms with Crippen LogP contribution in [0.4, 0.5) is 13.2 Å². The summed E-state index contributed by atoms with van der Waals surface area (Å²) in [5.41, 5.74) is 3.18. The fourth-order valence-corrected chi connectivity index (χ4v) is 5.00. The van der Waals surface area contributed by atoms with Crippen LogP contribution in [0.5, 0.6) is 5.75 Å². The van der Waals surface area contributed by atoms with Gasteiger partial charge in [0.25, 0.3) is 5.91 Å². The van der Waals surface area contributed by atoms with Crippen molar-refractivity contribution in [3.8, 4) is 5.75 Å². The van der Waals surface area contributed by atoms with Crippen LogP contribution in [0.2, 0.25) is 0 Å². The second-order valence-electron chi connectivity index (χ2n) is 9.65. The molecule has 0 spiro atoms. The van der Waals surface area contributed by atoms with E-state index in [9.17, 15) is 22.8 Å². The summed E-state index contributed by atoms with van der Waals surface area (Å²) in [6.45, 7) is 3.53. The van der Waals surface area contributed by atoms with Crippen molar-refractivity contribution in [1.82, 2.24) is 19.2 Å². The molecule has 1 aliphatic rings. The molecule has 1 fully saturated rings. The van der Waals surface area contributed by atoms with E-state index in [4.69, 9.17) is 4.74 Å². The maximum Gasteiger partial charge on any atom is 0.389 e. The second-order valence-corrected chi connectivity index (χ2v) is 9.65. The van der Waals surface area contributed by atoms with Gasteiger partial charge in [-0.15, -0.1) is 0 Å². The minimum Gasteiger partial charge on any atom is -0.497 e. The molecule has 1 saturated heterocycles. The molecule has 0 saturated carbocycles. The van der Waals surface area contributed by atoms with E-state index >= 15 is 0 Å². The van der Waals surface area contributed by atoms with Crippen LogP contribution < -0.4 is 4.74 Å². The van der Waals surface area contributed by atoms with Gasteiger partial charge in [0.1, 0.15) is 11.4 Å². The number of carbonyl (C=O) groups excluding carboxylic acids is 2.